The van der Waals surface area contributed by atoms with Gasteiger partial charge in [-0.15, -0.1) is 0 Å². The first-order chi connectivity index (χ1) is 15.3. The first kappa shape index (κ1) is 24.6. The van der Waals surface area contributed by atoms with Crippen LogP contribution in [0.4, 0.5) is 0 Å². The van der Waals surface area contributed by atoms with Gasteiger partial charge in [0.15, 0.2) is 0 Å². The zero-order valence-electron chi connectivity index (χ0n) is 18.3. The van der Waals surface area contributed by atoms with Gasteiger partial charge in [-0.3, -0.25) is 0 Å². The highest BCUT2D eigenvalue weighted by Gasteiger charge is 2.41. The van der Waals surface area contributed by atoms with Crippen molar-refractivity contribution < 1.29 is 14.9 Å². The van der Waals surface area contributed by atoms with Gasteiger partial charge in [-0.2, -0.15) is 0 Å². The van der Waals surface area contributed by atoms with Gasteiger partial charge in [-0.05, 0) is 73.6 Å². The van der Waals surface area contributed by atoms with Crippen LogP contribution in [0.5, 0.6) is 5.75 Å². The third-order valence-corrected chi connectivity index (χ3v) is 6.08. The summed E-state index contributed by atoms with van der Waals surface area (Å²) in [6.45, 7) is 1.31. The molecule has 0 fully saturated rings. The van der Waals surface area contributed by atoms with Gasteiger partial charge in [0.25, 0.3) is 0 Å². The summed E-state index contributed by atoms with van der Waals surface area (Å²) in [7, 11) is 3.99. The van der Waals surface area contributed by atoms with Crippen molar-refractivity contribution in [2.75, 3.05) is 33.9 Å². The normalized spacial score (nSPS) is 14.2. The molecule has 0 radical (unpaired) electrons. The summed E-state index contributed by atoms with van der Waals surface area (Å²) in [5.41, 5.74) is 0.875. The summed E-state index contributed by atoms with van der Waals surface area (Å²) in [4.78, 5) is 2.05. The van der Waals surface area contributed by atoms with Gasteiger partial charge in [-0.25, -0.2) is 0 Å². The van der Waals surface area contributed by atoms with Crippen LogP contribution in [-0.4, -0.2) is 49.0 Å². The van der Waals surface area contributed by atoms with E-state index in [2.05, 4.69) is 4.90 Å². The van der Waals surface area contributed by atoms with Crippen molar-refractivity contribution in [2.24, 2.45) is 0 Å². The van der Waals surface area contributed by atoms with E-state index in [4.69, 9.17) is 27.9 Å². The van der Waals surface area contributed by atoms with Gasteiger partial charge in [0.05, 0.1) is 0 Å². The number of hydrogen-bond acceptors (Lipinski definition) is 4. The molecule has 0 saturated carbocycles. The first-order valence-electron chi connectivity index (χ1n) is 10.6. The lowest BCUT2D eigenvalue weighted by atomic mass is 9.71. The molecule has 170 valence electrons. The number of rotatable bonds is 10. The molecule has 4 nitrogen and oxygen atoms in total. The Hall–Kier alpha value is -2.08. The largest absolute Gasteiger partial charge is 0.492 e. The molecule has 0 aromatic heterocycles. The van der Waals surface area contributed by atoms with Crippen LogP contribution in [0.3, 0.4) is 0 Å². The van der Waals surface area contributed by atoms with Gasteiger partial charge in [0.1, 0.15) is 18.0 Å². The minimum atomic E-state index is -1.40. The van der Waals surface area contributed by atoms with E-state index in [1.807, 2.05) is 62.6 Å². The lowest BCUT2D eigenvalue weighted by Gasteiger charge is -2.38. The molecule has 0 heterocycles. The number of nitrogens with zero attached hydrogens (tertiary/aromatic N) is 1. The standard InChI is InChI=1S/C26H29Cl2NO3/c1-29(2)16-18-32-24-13-7-21(8-14-24)26(31,20-5-11-23(28)12-6-20)25(15-17-30)19-3-9-22(27)10-4-19/h3-14,25,30-31H,15-18H2,1-2H3. The monoisotopic (exact) mass is 473 g/mol. The van der Waals surface area contributed by atoms with Crippen LogP contribution < -0.4 is 4.74 Å². The highest BCUT2D eigenvalue weighted by Crippen LogP contribution is 2.45. The van der Waals surface area contributed by atoms with Gasteiger partial charge in [0, 0.05) is 29.1 Å². The van der Waals surface area contributed by atoms with E-state index in [9.17, 15) is 10.2 Å². The molecule has 0 bridgehead atoms. The van der Waals surface area contributed by atoms with Crippen molar-refractivity contribution in [1.29, 1.82) is 0 Å². The molecule has 32 heavy (non-hydrogen) atoms. The Morgan fingerprint density at radius 1 is 0.844 bits per heavy atom. The molecule has 0 aliphatic carbocycles. The van der Waals surface area contributed by atoms with Crippen molar-refractivity contribution in [3.8, 4) is 5.75 Å². The Balaban J connectivity index is 2.04. The van der Waals surface area contributed by atoms with Crippen molar-refractivity contribution in [2.45, 2.75) is 17.9 Å². The fourth-order valence-corrected chi connectivity index (χ4v) is 4.12. The number of aliphatic hydroxyl groups excluding tert-OH is 1. The maximum absolute atomic E-state index is 12.3. The number of benzene rings is 3. The van der Waals surface area contributed by atoms with Crippen LogP contribution in [0.25, 0.3) is 0 Å². The summed E-state index contributed by atoms with van der Waals surface area (Å²) in [5, 5.41) is 23.3. The molecule has 2 atom stereocenters. The zero-order valence-corrected chi connectivity index (χ0v) is 19.9. The molecule has 0 amide bonds. The van der Waals surface area contributed by atoms with Crippen molar-refractivity contribution in [3.05, 3.63) is 99.5 Å². The first-order valence-corrected chi connectivity index (χ1v) is 11.3. The van der Waals surface area contributed by atoms with Gasteiger partial charge >= 0.3 is 0 Å². The van der Waals surface area contributed by atoms with Gasteiger partial charge in [-0.1, -0.05) is 59.6 Å². The SMILES string of the molecule is CN(C)CCOc1ccc(C(O)(c2ccc(Cl)cc2)C(CCO)c2ccc(Cl)cc2)cc1. The molecular formula is C26H29Cl2NO3. The summed E-state index contributed by atoms with van der Waals surface area (Å²) in [6.07, 6.45) is 0.363. The van der Waals surface area contributed by atoms with Crippen LogP contribution in [0.15, 0.2) is 72.8 Å². The van der Waals surface area contributed by atoms with Crippen molar-refractivity contribution in [3.63, 3.8) is 0 Å². The third kappa shape index (κ3) is 5.83. The maximum atomic E-state index is 12.3. The minimum Gasteiger partial charge on any atom is -0.492 e. The lowest BCUT2D eigenvalue weighted by molar-refractivity contribution is 0.0393. The van der Waals surface area contributed by atoms with Crippen LogP contribution in [0.2, 0.25) is 10.0 Å². The van der Waals surface area contributed by atoms with E-state index in [-0.39, 0.29) is 6.61 Å². The van der Waals surface area contributed by atoms with Gasteiger partial charge in [0.2, 0.25) is 0 Å². The molecule has 6 heteroatoms. The van der Waals surface area contributed by atoms with E-state index in [1.54, 1.807) is 24.3 Å². The predicted octanol–water partition coefficient (Wildman–Crippen LogP) is 5.34. The van der Waals surface area contributed by atoms with Gasteiger partial charge < -0.3 is 19.8 Å². The number of hydrogen-bond donors (Lipinski definition) is 2. The summed E-state index contributed by atoms with van der Waals surface area (Å²) >= 11 is 12.2. The van der Waals surface area contributed by atoms with E-state index in [0.717, 1.165) is 17.9 Å². The number of ether oxygens (including phenoxy) is 1. The second kappa shape index (κ2) is 11.2. The molecule has 0 saturated heterocycles. The molecule has 2 N–H and O–H groups in total. The quantitative estimate of drug-likeness (QED) is 0.417. The number of likely N-dealkylation sites (N-methyl/N-ethyl adjacent to an activating group) is 1. The van der Waals surface area contributed by atoms with Crippen molar-refractivity contribution in [1.82, 2.24) is 4.90 Å². The Morgan fingerprint density at radius 2 is 1.34 bits per heavy atom. The lowest BCUT2D eigenvalue weighted by Crippen LogP contribution is -2.35. The van der Waals surface area contributed by atoms with E-state index in [1.165, 1.54) is 0 Å². The molecule has 0 aliphatic heterocycles. The number of aliphatic hydroxyl groups is 2. The average molecular weight is 474 g/mol. The van der Waals surface area contributed by atoms with Crippen LogP contribution in [0.1, 0.15) is 29.0 Å². The minimum absolute atomic E-state index is 0.0745. The summed E-state index contributed by atoms with van der Waals surface area (Å²) in [5.74, 6) is 0.325. The maximum Gasteiger partial charge on any atom is 0.121 e. The Morgan fingerprint density at radius 3 is 1.84 bits per heavy atom. The zero-order chi connectivity index (χ0) is 23.1. The second-order valence-corrected chi connectivity index (χ2v) is 8.94. The molecular weight excluding hydrogens is 445 g/mol. The third-order valence-electron chi connectivity index (χ3n) is 5.58. The highest BCUT2D eigenvalue weighted by molar-refractivity contribution is 6.30. The smallest absolute Gasteiger partial charge is 0.121 e. The van der Waals surface area contributed by atoms with Crippen LogP contribution in [-0.2, 0) is 5.60 Å². The fourth-order valence-electron chi connectivity index (χ4n) is 3.87. The second-order valence-electron chi connectivity index (χ2n) is 8.07. The highest BCUT2D eigenvalue weighted by atomic mass is 35.5. The molecule has 3 rings (SSSR count). The summed E-state index contributed by atoms with van der Waals surface area (Å²) < 4.78 is 5.82. The fraction of sp³-hybridized carbons (Fsp3) is 0.308. The predicted molar refractivity (Wildman–Crippen MR) is 131 cm³/mol. The molecule has 3 aromatic rings. The van der Waals surface area contributed by atoms with Crippen LogP contribution in [0, 0.1) is 0 Å². The molecule has 0 aliphatic rings. The molecule has 3 aromatic carbocycles. The molecule has 2 unspecified atom stereocenters. The topological polar surface area (TPSA) is 52.9 Å². The summed E-state index contributed by atoms with van der Waals surface area (Å²) in [6, 6.07) is 22.0. The number of halogens is 2. The van der Waals surface area contributed by atoms with E-state index >= 15 is 0 Å². The van der Waals surface area contributed by atoms with Crippen molar-refractivity contribution >= 4 is 23.2 Å². The van der Waals surface area contributed by atoms with E-state index < -0.39 is 11.5 Å². The Labute approximate surface area is 200 Å². The van der Waals surface area contributed by atoms with Crippen LogP contribution >= 0.6 is 23.2 Å². The Kier molecular flexibility index (Phi) is 8.57. The Bertz CT molecular complexity index is 975. The average Bonchev–Trinajstić information content (AvgIpc) is 2.78. The van der Waals surface area contributed by atoms with E-state index in [0.29, 0.717) is 34.2 Å². The molecule has 0 spiro atoms.